The lowest BCUT2D eigenvalue weighted by Crippen LogP contribution is -2.15. The summed E-state index contributed by atoms with van der Waals surface area (Å²) in [4.78, 5) is 11.7. The fraction of sp³-hybridized carbons (Fsp3) is 0.692. The Balaban J connectivity index is 2.63. The van der Waals surface area contributed by atoms with Crippen molar-refractivity contribution in [3.63, 3.8) is 0 Å². The van der Waals surface area contributed by atoms with Crippen molar-refractivity contribution >= 4 is 11.6 Å². The molecule has 0 saturated heterocycles. The highest BCUT2D eigenvalue weighted by atomic mass is 16.5. The Bertz CT molecular complexity index is 399. The molecule has 1 N–H and O–H groups in total. The highest BCUT2D eigenvalue weighted by Crippen LogP contribution is 2.19. The summed E-state index contributed by atoms with van der Waals surface area (Å²) in [6.07, 6.45) is 1.41. The van der Waals surface area contributed by atoms with Gasteiger partial charge in [-0.15, -0.1) is 0 Å². The minimum atomic E-state index is -0.0225. The maximum Gasteiger partial charge on any atom is 0.226 e. The lowest BCUT2D eigenvalue weighted by Gasteiger charge is -2.06. The number of rotatable bonds is 7. The predicted octanol–water partition coefficient (Wildman–Crippen LogP) is 2.28. The minimum absolute atomic E-state index is 0.0225. The third-order valence-electron chi connectivity index (χ3n) is 2.76. The summed E-state index contributed by atoms with van der Waals surface area (Å²) < 4.78 is 7.10. The largest absolute Gasteiger partial charge is 0.381 e. The van der Waals surface area contributed by atoms with Crippen LogP contribution in [0.5, 0.6) is 0 Å². The zero-order valence-corrected chi connectivity index (χ0v) is 11.7. The second kappa shape index (κ2) is 7.16. The van der Waals surface area contributed by atoms with Crippen LogP contribution < -0.4 is 5.32 Å². The summed E-state index contributed by atoms with van der Waals surface area (Å²) in [6, 6.07) is 0. The van der Waals surface area contributed by atoms with Gasteiger partial charge in [-0.25, -0.2) is 0 Å². The molecule has 18 heavy (non-hydrogen) atoms. The molecule has 102 valence electrons. The second-order valence-corrected chi connectivity index (χ2v) is 4.26. The average Bonchev–Trinajstić information content (AvgIpc) is 2.58. The van der Waals surface area contributed by atoms with E-state index in [0.29, 0.717) is 19.6 Å². The van der Waals surface area contributed by atoms with E-state index in [1.54, 1.807) is 0 Å². The molecule has 0 radical (unpaired) electrons. The number of ether oxygens (including phenoxy) is 1. The molecule has 0 atom stereocenters. The highest BCUT2D eigenvalue weighted by Gasteiger charge is 2.13. The number of hydrogen-bond acceptors (Lipinski definition) is 3. The van der Waals surface area contributed by atoms with Crippen LogP contribution in [0.2, 0.25) is 0 Å². The number of amides is 1. The van der Waals surface area contributed by atoms with E-state index in [-0.39, 0.29) is 5.91 Å². The van der Waals surface area contributed by atoms with Gasteiger partial charge in [-0.3, -0.25) is 9.48 Å². The Morgan fingerprint density at radius 3 is 2.72 bits per heavy atom. The van der Waals surface area contributed by atoms with Crippen molar-refractivity contribution in [1.29, 1.82) is 0 Å². The number of aromatic nitrogens is 2. The van der Waals surface area contributed by atoms with E-state index in [1.807, 2.05) is 25.5 Å². The van der Waals surface area contributed by atoms with E-state index >= 15 is 0 Å². The number of carbonyl (C=O) groups is 1. The molecule has 1 aromatic heterocycles. The van der Waals surface area contributed by atoms with E-state index in [1.165, 1.54) is 0 Å². The van der Waals surface area contributed by atoms with Crippen LogP contribution in [0.3, 0.4) is 0 Å². The van der Waals surface area contributed by atoms with Gasteiger partial charge in [0.25, 0.3) is 0 Å². The van der Waals surface area contributed by atoms with Gasteiger partial charge in [0.2, 0.25) is 5.91 Å². The van der Waals surface area contributed by atoms with Crippen molar-refractivity contribution in [3.8, 4) is 0 Å². The Labute approximate surface area is 109 Å². The Kier molecular flexibility index (Phi) is 5.85. The van der Waals surface area contributed by atoms with Gasteiger partial charge in [-0.2, -0.15) is 5.10 Å². The van der Waals surface area contributed by atoms with Crippen molar-refractivity contribution in [3.05, 3.63) is 11.4 Å². The van der Waals surface area contributed by atoms with Crippen LogP contribution in [0.4, 0.5) is 5.69 Å². The topological polar surface area (TPSA) is 56.2 Å². The first-order valence-electron chi connectivity index (χ1n) is 6.51. The monoisotopic (exact) mass is 253 g/mol. The SMILES string of the molecule is CCCn1nc(C)c(NC(=O)CCOCC)c1C. The number of nitrogens with zero attached hydrogens (tertiary/aromatic N) is 2. The van der Waals surface area contributed by atoms with Crippen molar-refractivity contribution in [2.75, 3.05) is 18.5 Å². The van der Waals surface area contributed by atoms with Crippen molar-refractivity contribution in [2.24, 2.45) is 0 Å². The van der Waals surface area contributed by atoms with Crippen molar-refractivity contribution in [1.82, 2.24) is 9.78 Å². The maximum atomic E-state index is 11.7. The number of aryl methyl sites for hydroxylation is 2. The fourth-order valence-corrected chi connectivity index (χ4v) is 1.82. The van der Waals surface area contributed by atoms with Crippen LogP contribution in [-0.2, 0) is 16.1 Å². The molecular weight excluding hydrogens is 230 g/mol. The zero-order chi connectivity index (χ0) is 13.5. The van der Waals surface area contributed by atoms with Gasteiger partial charge in [0.05, 0.1) is 30.1 Å². The maximum absolute atomic E-state index is 11.7. The first-order chi connectivity index (χ1) is 8.60. The highest BCUT2D eigenvalue weighted by molar-refractivity contribution is 5.91. The molecular formula is C13H23N3O2. The Morgan fingerprint density at radius 1 is 1.39 bits per heavy atom. The van der Waals surface area contributed by atoms with Gasteiger partial charge in [0, 0.05) is 13.2 Å². The predicted molar refractivity (Wildman–Crippen MR) is 71.7 cm³/mol. The van der Waals surface area contributed by atoms with Crippen molar-refractivity contribution < 1.29 is 9.53 Å². The molecule has 0 bridgehead atoms. The van der Waals surface area contributed by atoms with Gasteiger partial charge in [-0.1, -0.05) is 6.92 Å². The smallest absolute Gasteiger partial charge is 0.226 e. The van der Waals surface area contributed by atoms with Gasteiger partial charge >= 0.3 is 0 Å². The molecule has 1 amide bonds. The summed E-state index contributed by atoms with van der Waals surface area (Å²) >= 11 is 0. The quantitative estimate of drug-likeness (QED) is 0.758. The van der Waals surface area contributed by atoms with E-state index < -0.39 is 0 Å². The number of hydrogen-bond donors (Lipinski definition) is 1. The lowest BCUT2D eigenvalue weighted by atomic mass is 10.3. The van der Waals surface area contributed by atoms with Crippen LogP contribution in [0.25, 0.3) is 0 Å². The molecule has 0 unspecified atom stereocenters. The van der Waals surface area contributed by atoms with Crippen LogP contribution in [0.15, 0.2) is 0 Å². The number of nitrogens with one attached hydrogen (secondary N) is 1. The summed E-state index contributed by atoms with van der Waals surface area (Å²) in [5.74, 6) is -0.0225. The third-order valence-corrected chi connectivity index (χ3v) is 2.76. The molecule has 1 heterocycles. The molecule has 0 fully saturated rings. The third kappa shape index (κ3) is 3.84. The first-order valence-corrected chi connectivity index (χ1v) is 6.51. The molecule has 0 saturated carbocycles. The van der Waals surface area contributed by atoms with Gasteiger partial charge in [0.1, 0.15) is 0 Å². The summed E-state index contributed by atoms with van der Waals surface area (Å²) in [7, 11) is 0. The Morgan fingerprint density at radius 2 is 2.11 bits per heavy atom. The summed E-state index contributed by atoms with van der Waals surface area (Å²) in [5, 5.41) is 7.33. The van der Waals surface area contributed by atoms with Crippen molar-refractivity contribution in [2.45, 2.75) is 47.1 Å². The number of anilines is 1. The van der Waals surface area contributed by atoms with E-state index in [4.69, 9.17) is 4.74 Å². The molecule has 0 aliphatic rings. The molecule has 1 aromatic rings. The minimum Gasteiger partial charge on any atom is -0.381 e. The summed E-state index contributed by atoms with van der Waals surface area (Å²) in [6.45, 7) is 9.90. The number of carbonyl (C=O) groups excluding carboxylic acids is 1. The van der Waals surface area contributed by atoms with Gasteiger partial charge in [0.15, 0.2) is 0 Å². The zero-order valence-electron chi connectivity index (χ0n) is 11.7. The van der Waals surface area contributed by atoms with Gasteiger partial charge in [-0.05, 0) is 27.2 Å². The second-order valence-electron chi connectivity index (χ2n) is 4.26. The molecule has 5 nitrogen and oxygen atoms in total. The average molecular weight is 253 g/mol. The molecule has 1 rings (SSSR count). The van der Waals surface area contributed by atoms with E-state index in [2.05, 4.69) is 17.3 Å². The normalized spacial score (nSPS) is 10.7. The standard InChI is InChI=1S/C13H23N3O2/c1-5-8-16-11(4)13(10(3)15-16)14-12(17)7-9-18-6-2/h5-9H2,1-4H3,(H,14,17). The van der Waals surface area contributed by atoms with Crippen LogP contribution in [0.1, 0.15) is 38.1 Å². The molecule has 0 aliphatic carbocycles. The van der Waals surface area contributed by atoms with E-state index in [0.717, 1.165) is 30.0 Å². The van der Waals surface area contributed by atoms with Crippen LogP contribution in [0, 0.1) is 13.8 Å². The van der Waals surface area contributed by atoms with Crippen LogP contribution in [-0.4, -0.2) is 28.9 Å². The summed E-state index contributed by atoms with van der Waals surface area (Å²) in [5.41, 5.74) is 2.72. The molecule has 5 heteroatoms. The van der Waals surface area contributed by atoms with Crippen LogP contribution >= 0.6 is 0 Å². The lowest BCUT2D eigenvalue weighted by molar-refractivity contribution is -0.117. The van der Waals surface area contributed by atoms with Gasteiger partial charge < -0.3 is 10.1 Å². The molecule has 0 aromatic carbocycles. The Hall–Kier alpha value is -1.36. The van der Waals surface area contributed by atoms with E-state index in [9.17, 15) is 4.79 Å². The molecule has 0 spiro atoms. The first kappa shape index (κ1) is 14.7. The molecule has 0 aliphatic heterocycles. The fourth-order valence-electron chi connectivity index (χ4n) is 1.82.